The van der Waals surface area contributed by atoms with E-state index in [1.807, 2.05) is 36.2 Å². The molecule has 2 heterocycles. The molecule has 1 aromatic heterocycles. The third-order valence-electron chi connectivity index (χ3n) is 4.21. The van der Waals surface area contributed by atoms with E-state index < -0.39 is 0 Å². The Kier molecular flexibility index (Phi) is 3.78. The van der Waals surface area contributed by atoms with Gasteiger partial charge in [-0.3, -0.25) is 4.79 Å². The lowest BCUT2D eigenvalue weighted by Crippen LogP contribution is -2.39. The molecule has 0 bridgehead atoms. The smallest absolute Gasteiger partial charge is 0.256 e. The van der Waals surface area contributed by atoms with Gasteiger partial charge in [0.1, 0.15) is 5.82 Å². The molecule has 110 valence electrons. The van der Waals surface area contributed by atoms with Gasteiger partial charge in [0, 0.05) is 31.7 Å². The summed E-state index contributed by atoms with van der Waals surface area (Å²) in [5.41, 5.74) is 0.707. The van der Waals surface area contributed by atoms with Crippen LogP contribution in [0.25, 0.3) is 10.8 Å². The van der Waals surface area contributed by atoms with E-state index in [9.17, 15) is 4.79 Å². The monoisotopic (exact) mass is 283 g/mol. The second-order valence-electron chi connectivity index (χ2n) is 5.81. The van der Waals surface area contributed by atoms with Crippen LogP contribution >= 0.6 is 0 Å². The summed E-state index contributed by atoms with van der Waals surface area (Å²) in [5.74, 6) is 1.50. The molecule has 1 unspecified atom stereocenters. The molecule has 4 heteroatoms. The highest BCUT2D eigenvalue weighted by Crippen LogP contribution is 2.26. The standard InChI is InChI=1S/C17H21N3O/c1-12-6-5-9-20(11-12)17(21)15-10-19-16(18-2)14-8-4-3-7-13(14)15/h3-4,7-8,10,12H,5-6,9,11H2,1-2H3,(H,18,19). The normalized spacial score (nSPS) is 18.8. The van der Waals surface area contributed by atoms with Gasteiger partial charge < -0.3 is 10.2 Å². The first-order valence-corrected chi connectivity index (χ1v) is 7.55. The Morgan fingerprint density at radius 3 is 2.81 bits per heavy atom. The number of carbonyl (C=O) groups is 1. The highest BCUT2D eigenvalue weighted by molar-refractivity contribution is 6.09. The number of hydrogen-bond donors (Lipinski definition) is 1. The van der Waals surface area contributed by atoms with Gasteiger partial charge in [-0.1, -0.05) is 31.2 Å². The minimum atomic E-state index is 0.105. The molecule has 0 radical (unpaired) electrons. The molecule has 1 aromatic carbocycles. The van der Waals surface area contributed by atoms with Crippen LogP contribution in [0.15, 0.2) is 30.5 Å². The molecule has 1 atom stereocenters. The summed E-state index contributed by atoms with van der Waals surface area (Å²) in [4.78, 5) is 19.2. The summed E-state index contributed by atoms with van der Waals surface area (Å²) in [6.45, 7) is 3.91. The number of hydrogen-bond acceptors (Lipinski definition) is 3. The number of amides is 1. The minimum Gasteiger partial charge on any atom is -0.373 e. The van der Waals surface area contributed by atoms with E-state index in [1.165, 1.54) is 6.42 Å². The molecule has 0 aliphatic carbocycles. The molecule has 1 amide bonds. The first-order chi connectivity index (χ1) is 10.2. The van der Waals surface area contributed by atoms with Gasteiger partial charge in [0.05, 0.1) is 5.56 Å². The van der Waals surface area contributed by atoms with Crippen molar-refractivity contribution in [2.24, 2.45) is 5.92 Å². The van der Waals surface area contributed by atoms with Crippen molar-refractivity contribution in [1.29, 1.82) is 0 Å². The van der Waals surface area contributed by atoms with E-state index in [1.54, 1.807) is 6.20 Å². The van der Waals surface area contributed by atoms with Crippen molar-refractivity contribution in [2.45, 2.75) is 19.8 Å². The first-order valence-electron chi connectivity index (χ1n) is 7.55. The van der Waals surface area contributed by atoms with E-state index >= 15 is 0 Å². The van der Waals surface area contributed by atoms with Gasteiger partial charge in [0.15, 0.2) is 0 Å². The number of aromatic nitrogens is 1. The van der Waals surface area contributed by atoms with Gasteiger partial charge in [0.2, 0.25) is 0 Å². The Labute approximate surface area is 125 Å². The molecule has 4 nitrogen and oxygen atoms in total. The van der Waals surface area contributed by atoms with Crippen LogP contribution in [0, 0.1) is 5.92 Å². The quantitative estimate of drug-likeness (QED) is 0.921. The summed E-state index contributed by atoms with van der Waals surface area (Å²) >= 11 is 0. The van der Waals surface area contributed by atoms with Crippen molar-refractivity contribution in [3.63, 3.8) is 0 Å². The molecule has 1 fully saturated rings. The minimum absolute atomic E-state index is 0.105. The lowest BCUT2D eigenvalue weighted by atomic mass is 9.98. The van der Waals surface area contributed by atoms with Crippen molar-refractivity contribution in [3.8, 4) is 0 Å². The van der Waals surface area contributed by atoms with Crippen molar-refractivity contribution < 1.29 is 4.79 Å². The predicted octanol–water partition coefficient (Wildman–Crippen LogP) is 3.15. The first kappa shape index (κ1) is 13.9. The van der Waals surface area contributed by atoms with Gasteiger partial charge in [-0.15, -0.1) is 0 Å². The fraction of sp³-hybridized carbons (Fsp3) is 0.412. The van der Waals surface area contributed by atoms with Crippen LogP contribution in [0.5, 0.6) is 0 Å². The summed E-state index contributed by atoms with van der Waals surface area (Å²) in [7, 11) is 1.85. The topological polar surface area (TPSA) is 45.2 Å². The van der Waals surface area contributed by atoms with E-state index in [0.717, 1.165) is 36.1 Å². The highest BCUT2D eigenvalue weighted by Gasteiger charge is 2.23. The van der Waals surface area contributed by atoms with Crippen LogP contribution in [-0.2, 0) is 0 Å². The van der Waals surface area contributed by atoms with E-state index in [4.69, 9.17) is 0 Å². The Morgan fingerprint density at radius 2 is 2.10 bits per heavy atom. The summed E-state index contributed by atoms with van der Waals surface area (Å²) < 4.78 is 0. The lowest BCUT2D eigenvalue weighted by Gasteiger charge is -2.31. The Morgan fingerprint density at radius 1 is 1.33 bits per heavy atom. The second-order valence-corrected chi connectivity index (χ2v) is 5.81. The molecular weight excluding hydrogens is 262 g/mol. The number of piperidine rings is 1. The second kappa shape index (κ2) is 5.72. The number of rotatable bonds is 2. The zero-order valence-corrected chi connectivity index (χ0v) is 12.6. The number of anilines is 1. The maximum atomic E-state index is 12.8. The number of pyridine rings is 1. The Bertz CT molecular complexity index is 668. The molecule has 1 saturated heterocycles. The van der Waals surface area contributed by atoms with Crippen LogP contribution < -0.4 is 5.32 Å². The van der Waals surface area contributed by atoms with Crippen LogP contribution in [0.3, 0.4) is 0 Å². The molecule has 21 heavy (non-hydrogen) atoms. The number of nitrogens with one attached hydrogen (secondary N) is 1. The largest absolute Gasteiger partial charge is 0.373 e. The van der Waals surface area contributed by atoms with Crippen molar-refractivity contribution in [2.75, 3.05) is 25.5 Å². The van der Waals surface area contributed by atoms with Crippen LogP contribution in [-0.4, -0.2) is 35.9 Å². The predicted molar refractivity (Wildman–Crippen MR) is 85.6 cm³/mol. The molecule has 3 rings (SSSR count). The molecule has 0 saturated carbocycles. The maximum absolute atomic E-state index is 12.8. The van der Waals surface area contributed by atoms with Crippen molar-refractivity contribution in [3.05, 3.63) is 36.0 Å². The Hall–Kier alpha value is -2.10. The highest BCUT2D eigenvalue weighted by atomic mass is 16.2. The van der Waals surface area contributed by atoms with Crippen molar-refractivity contribution in [1.82, 2.24) is 9.88 Å². The molecule has 1 aliphatic heterocycles. The average molecular weight is 283 g/mol. The van der Waals surface area contributed by atoms with E-state index in [0.29, 0.717) is 11.5 Å². The average Bonchev–Trinajstić information content (AvgIpc) is 2.53. The van der Waals surface area contributed by atoms with E-state index in [-0.39, 0.29) is 5.91 Å². The number of nitrogens with zero attached hydrogens (tertiary/aromatic N) is 2. The van der Waals surface area contributed by atoms with Crippen LogP contribution in [0.1, 0.15) is 30.1 Å². The third kappa shape index (κ3) is 2.58. The number of carbonyl (C=O) groups excluding carboxylic acids is 1. The van der Waals surface area contributed by atoms with Crippen LogP contribution in [0.4, 0.5) is 5.82 Å². The fourth-order valence-electron chi connectivity index (χ4n) is 3.11. The fourth-order valence-corrected chi connectivity index (χ4v) is 3.11. The van der Waals surface area contributed by atoms with E-state index in [2.05, 4.69) is 17.2 Å². The summed E-state index contributed by atoms with van der Waals surface area (Å²) in [5, 5.41) is 5.06. The van der Waals surface area contributed by atoms with Gasteiger partial charge in [-0.2, -0.15) is 0 Å². The number of benzene rings is 1. The molecule has 2 aromatic rings. The molecule has 1 aliphatic rings. The number of likely N-dealkylation sites (tertiary alicyclic amines) is 1. The van der Waals surface area contributed by atoms with Gasteiger partial charge in [0.25, 0.3) is 5.91 Å². The van der Waals surface area contributed by atoms with Crippen LogP contribution in [0.2, 0.25) is 0 Å². The van der Waals surface area contributed by atoms with Gasteiger partial charge in [-0.05, 0) is 24.1 Å². The SMILES string of the molecule is CNc1ncc(C(=O)N2CCCC(C)C2)c2ccccc12. The summed E-state index contributed by atoms with van der Waals surface area (Å²) in [6, 6.07) is 7.95. The lowest BCUT2D eigenvalue weighted by molar-refractivity contribution is 0.0684. The van der Waals surface area contributed by atoms with Gasteiger partial charge in [-0.25, -0.2) is 4.98 Å². The molecule has 0 spiro atoms. The Balaban J connectivity index is 2.02. The third-order valence-corrected chi connectivity index (χ3v) is 4.21. The maximum Gasteiger partial charge on any atom is 0.256 e. The summed E-state index contributed by atoms with van der Waals surface area (Å²) in [6.07, 6.45) is 4.00. The molecule has 1 N–H and O–H groups in total. The van der Waals surface area contributed by atoms with Crippen molar-refractivity contribution >= 4 is 22.5 Å². The number of fused-ring (bicyclic) bond motifs is 1. The van der Waals surface area contributed by atoms with Gasteiger partial charge >= 0.3 is 0 Å². The zero-order valence-electron chi connectivity index (χ0n) is 12.6. The zero-order chi connectivity index (χ0) is 14.8. The molecular formula is C17H21N3O.